The summed E-state index contributed by atoms with van der Waals surface area (Å²) in [6.07, 6.45) is 7.51. The first-order chi connectivity index (χ1) is 20.4. The Labute approximate surface area is 245 Å². The molecule has 1 aliphatic rings. The number of Topliss-reactive ketones (excluding diaryl/α,β-unsaturated/α-hetero) is 1. The lowest BCUT2D eigenvalue weighted by molar-refractivity contribution is -0.139. The summed E-state index contributed by atoms with van der Waals surface area (Å²) in [5.74, 6) is -0.325. The van der Waals surface area contributed by atoms with Crippen molar-refractivity contribution < 1.29 is 24.2 Å². The molecule has 0 saturated carbocycles. The monoisotopic (exact) mass is 563 g/mol. The van der Waals surface area contributed by atoms with Crippen LogP contribution in [0.15, 0.2) is 110 Å². The van der Waals surface area contributed by atoms with E-state index in [1.807, 2.05) is 48.0 Å². The van der Waals surface area contributed by atoms with E-state index in [-0.39, 0.29) is 11.3 Å². The molecule has 42 heavy (non-hydrogen) atoms. The number of benzene rings is 3. The fourth-order valence-electron chi connectivity index (χ4n) is 5.03. The number of hydrogen-bond donors (Lipinski definition) is 1. The summed E-state index contributed by atoms with van der Waals surface area (Å²) in [5.41, 5.74) is 3.38. The first-order valence-corrected chi connectivity index (χ1v) is 13.8. The average molecular weight is 564 g/mol. The quantitative estimate of drug-likeness (QED) is 0.101. The number of nitrogens with zero attached hydrogens (tertiary/aromatic N) is 3. The van der Waals surface area contributed by atoms with E-state index in [4.69, 9.17) is 9.47 Å². The topological polar surface area (TPSA) is 93.9 Å². The minimum atomic E-state index is -0.751. The molecule has 3 aromatic carbocycles. The van der Waals surface area contributed by atoms with Crippen LogP contribution >= 0.6 is 0 Å². The zero-order valence-electron chi connectivity index (χ0n) is 23.5. The molecule has 1 aliphatic heterocycles. The van der Waals surface area contributed by atoms with Gasteiger partial charge in [-0.1, -0.05) is 54.6 Å². The molecule has 1 atom stereocenters. The third-order valence-corrected chi connectivity index (χ3v) is 7.09. The predicted molar refractivity (Wildman–Crippen MR) is 160 cm³/mol. The van der Waals surface area contributed by atoms with Crippen LogP contribution in [0, 0.1) is 6.92 Å². The molecule has 0 aliphatic carbocycles. The highest BCUT2D eigenvalue weighted by atomic mass is 16.5. The van der Waals surface area contributed by atoms with Gasteiger partial charge in [-0.25, -0.2) is 4.98 Å². The van der Waals surface area contributed by atoms with Gasteiger partial charge in [0.1, 0.15) is 30.5 Å². The predicted octanol–water partition coefficient (Wildman–Crippen LogP) is 5.85. The van der Waals surface area contributed by atoms with E-state index in [1.165, 1.54) is 4.90 Å². The van der Waals surface area contributed by atoms with Gasteiger partial charge in [0.05, 0.1) is 17.9 Å². The zero-order valence-corrected chi connectivity index (χ0v) is 23.5. The van der Waals surface area contributed by atoms with E-state index >= 15 is 0 Å². The molecule has 214 valence electrons. The lowest BCUT2D eigenvalue weighted by Gasteiger charge is -2.25. The number of carbonyl (C=O) groups is 2. The highest BCUT2D eigenvalue weighted by Gasteiger charge is 2.45. The van der Waals surface area contributed by atoms with Crippen LogP contribution in [-0.2, 0) is 22.7 Å². The van der Waals surface area contributed by atoms with Gasteiger partial charge in [-0.3, -0.25) is 9.59 Å². The summed E-state index contributed by atoms with van der Waals surface area (Å²) in [6, 6.07) is 21.4. The normalized spacial score (nSPS) is 16.0. The van der Waals surface area contributed by atoms with Crippen molar-refractivity contribution in [2.24, 2.45) is 0 Å². The highest BCUT2D eigenvalue weighted by Crippen LogP contribution is 2.40. The Kier molecular flexibility index (Phi) is 8.82. The Morgan fingerprint density at radius 2 is 1.74 bits per heavy atom. The zero-order chi connectivity index (χ0) is 29.5. The van der Waals surface area contributed by atoms with Crippen molar-refractivity contribution in [2.75, 3.05) is 13.2 Å². The molecule has 1 N–H and O–H groups in total. The number of ether oxygens (including phenoxy) is 2. The van der Waals surface area contributed by atoms with Crippen molar-refractivity contribution in [1.29, 1.82) is 0 Å². The van der Waals surface area contributed by atoms with Crippen molar-refractivity contribution in [3.63, 3.8) is 0 Å². The third kappa shape index (κ3) is 6.44. The van der Waals surface area contributed by atoms with Crippen molar-refractivity contribution in [2.45, 2.75) is 32.5 Å². The van der Waals surface area contributed by atoms with Crippen molar-refractivity contribution >= 4 is 17.4 Å². The third-order valence-electron chi connectivity index (χ3n) is 7.09. The molecule has 1 aromatic heterocycles. The highest BCUT2D eigenvalue weighted by molar-refractivity contribution is 6.46. The molecule has 0 bridgehead atoms. The van der Waals surface area contributed by atoms with Crippen LogP contribution in [0.4, 0.5) is 0 Å². The van der Waals surface area contributed by atoms with Crippen molar-refractivity contribution in [3.05, 3.63) is 132 Å². The van der Waals surface area contributed by atoms with E-state index in [1.54, 1.807) is 55.0 Å². The number of aromatic nitrogens is 2. The summed E-state index contributed by atoms with van der Waals surface area (Å²) in [5, 5.41) is 11.4. The number of imidazole rings is 1. The van der Waals surface area contributed by atoms with Gasteiger partial charge >= 0.3 is 0 Å². The largest absolute Gasteiger partial charge is 0.507 e. The Bertz CT molecular complexity index is 1570. The molecule has 5 rings (SSSR count). The van der Waals surface area contributed by atoms with Gasteiger partial charge in [0.2, 0.25) is 0 Å². The molecule has 8 nitrogen and oxygen atoms in total. The lowest BCUT2D eigenvalue weighted by Crippen LogP contribution is -2.31. The summed E-state index contributed by atoms with van der Waals surface area (Å²) in [6.45, 7) is 7.42. The Morgan fingerprint density at radius 1 is 1.00 bits per heavy atom. The van der Waals surface area contributed by atoms with Gasteiger partial charge < -0.3 is 24.0 Å². The SMILES string of the molecule is C=CCOc1ccc(C2C(=C(O)c3ccc(OCc4cccc(C)c4)cc3)C(=O)C(=O)N2CCCn2ccnc2)cc1. The van der Waals surface area contributed by atoms with E-state index < -0.39 is 17.7 Å². The van der Waals surface area contributed by atoms with Crippen LogP contribution in [0.25, 0.3) is 5.76 Å². The van der Waals surface area contributed by atoms with Crippen LogP contribution in [0.1, 0.15) is 34.7 Å². The fourth-order valence-corrected chi connectivity index (χ4v) is 5.03. The van der Waals surface area contributed by atoms with E-state index in [9.17, 15) is 14.7 Å². The Hall–Kier alpha value is -5.11. The number of likely N-dealkylation sites (tertiary alicyclic amines) is 1. The number of aliphatic hydroxyl groups is 1. The smallest absolute Gasteiger partial charge is 0.295 e. The van der Waals surface area contributed by atoms with E-state index in [0.29, 0.717) is 55.4 Å². The van der Waals surface area contributed by atoms with Crippen LogP contribution in [0.2, 0.25) is 0 Å². The standard InChI is InChI=1S/C34H33N3O5/c1-3-20-41-28-12-8-26(9-13-28)31-30(33(39)34(40)37(31)18-5-17-36-19-16-35-23-36)32(38)27-10-14-29(15-11-27)42-22-25-7-4-6-24(2)21-25/h3-4,6-16,19,21,23,31,38H,1,5,17-18,20,22H2,2H3. The van der Waals surface area contributed by atoms with Crippen LogP contribution in [0.5, 0.6) is 11.5 Å². The molecule has 8 heteroatoms. The molecule has 1 unspecified atom stereocenters. The average Bonchev–Trinajstić information content (AvgIpc) is 3.62. The first kappa shape index (κ1) is 28.4. The molecule has 2 heterocycles. The van der Waals surface area contributed by atoms with E-state index in [0.717, 1.165) is 11.1 Å². The second-order valence-corrected chi connectivity index (χ2v) is 10.1. The maximum absolute atomic E-state index is 13.4. The molecule has 4 aromatic rings. The number of ketones is 1. The number of aliphatic hydroxyl groups excluding tert-OH is 1. The van der Waals surface area contributed by atoms with Crippen LogP contribution in [-0.4, -0.2) is 44.4 Å². The second kappa shape index (κ2) is 13.0. The molecule has 0 radical (unpaired) electrons. The van der Waals surface area contributed by atoms with Gasteiger partial charge in [-0.05, 0) is 60.9 Å². The maximum Gasteiger partial charge on any atom is 0.295 e. The number of aryl methyl sites for hydroxylation is 2. The molecule has 1 fully saturated rings. The van der Waals surface area contributed by atoms with Crippen molar-refractivity contribution in [3.8, 4) is 11.5 Å². The number of rotatable bonds is 12. The van der Waals surface area contributed by atoms with Crippen molar-refractivity contribution in [1.82, 2.24) is 14.5 Å². The summed E-state index contributed by atoms with van der Waals surface area (Å²) < 4.78 is 13.4. The minimum absolute atomic E-state index is 0.0517. The molecular formula is C34H33N3O5. The number of hydrogen-bond acceptors (Lipinski definition) is 6. The number of carbonyl (C=O) groups excluding carboxylic acids is 2. The molecular weight excluding hydrogens is 530 g/mol. The summed E-state index contributed by atoms with van der Waals surface area (Å²) in [7, 11) is 0. The Balaban J connectivity index is 1.41. The lowest BCUT2D eigenvalue weighted by atomic mass is 9.95. The summed E-state index contributed by atoms with van der Waals surface area (Å²) in [4.78, 5) is 32.3. The van der Waals surface area contributed by atoms with Crippen LogP contribution in [0.3, 0.4) is 0 Å². The van der Waals surface area contributed by atoms with Gasteiger partial charge in [-0.2, -0.15) is 0 Å². The van der Waals surface area contributed by atoms with E-state index in [2.05, 4.69) is 17.6 Å². The van der Waals surface area contributed by atoms with Gasteiger partial charge in [0.15, 0.2) is 0 Å². The first-order valence-electron chi connectivity index (χ1n) is 13.8. The minimum Gasteiger partial charge on any atom is -0.507 e. The second-order valence-electron chi connectivity index (χ2n) is 10.1. The molecule has 1 amide bonds. The van der Waals surface area contributed by atoms with Gasteiger partial charge in [0, 0.05) is 31.0 Å². The van der Waals surface area contributed by atoms with Gasteiger partial charge in [0.25, 0.3) is 11.7 Å². The van der Waals surface area contributed by atoms with Crippen LogP contribution < -0.4 is 9.47 Å². The summed E-state index contributed by atoms with van der Waals surface area (Å²) >= 11 is 0. The number of amides is 1. The maximum atomic E-state index is 13.4. The van der Waals surface area contributed by atoms with Gasteiger partial charge in [-0.15, -0.1) is 0 Å². The Morgan fingerprint density at radius 3 is 2.43 bits per heavy atom. The fraction of sp³-hybridized carbons (Fsp3) is 0.206. The molecule has 0 spiro atoms. The molecule has 1 saturated heterocycles.